The number of carbonyl (C=O) groups is 2. The third-order valence-electron chi connectivity index (χ3n) is 7.29. The molecule has 3 aromatic carbocycles. The quantitative estimate of drug-likeness (QED) is 0.197. The summed E-state index contributed by atoms with van der Waals surface area (Å²) in [5.74, 6) is 0.0602. The zero-order chi connectivity index (χ0) is 27.6. The van der Waals surface area contributed by atoms with Crippen molar-refractivity contribution in [2.24, 2.45) is 5.73 Å². The van der Waals surface area contributed by atoms with E-state index in [9.17, 15) is 9.59 Å². The maximum Gasteiger partial charge on any atom is 0.251 e. The van der Waals surface area contributed by atoms with Crippen LogP contribution in [0, 0.1) is 0 Å². The van der Waals surface area contributed by atoms with Gasteiger partial charge < -0.3 is 21.3 Å². The summed E-state index contributed by atoms with van der Waals surface area (Å²) in [4.78, 5) is 28.4. The van der Waals surface area contributed by atoms with Crippen LogP contribution in [0.3, 0.4) is 0 Å². The minimum atomic E-state index is -0.340. The average molecular weight is 659 g/mol. The number of nitrogens with zero attached hydrogens (tertiary/aromatic N) is 1. The first-order valence-corrected chi connectivity index (χ1v) is 15.4. The highest BCUT2D eigenvalue weighted by Crippen LogP contribution is 2.27. The molecule has 0 saturated carbocycles. The third-order valence-corrected chi connectivity index (χ3v) is 8.48. The molecule has 2 atom stereocenters. The number of nitrogens with two attached hydrogens (primary N) is 1. The molecule has 0 unspecified atom stereocenters. The molecule has 1 aliphatic heterocycles. The standard InChI is InChI=1S/C31H36ClIN4O2/c32-28-12-11-24(19-25(28)20-33)30(38)35-17-14-26-15-18-37(31(39)29(36-26)13-16-34)21-27(22-7-3-1-4-8-22)23-9-5-2-6-10-23/h1-12,19,26-27,29,36H,13-18,20-21,34H2,(H,35,38)/t26-,29+/m1/s1. The van der Waals surface area contributed by atoms with E-state index >= 15 is 0 Å². The van der Waals surface area contributed by atoms with Crippen LogP contribution in [0.5, 0.6) is 0 Å². The Bertz CT molecular complexity index is 1190. The van der Waals surface area contributed by atoms with Crippen LogP contribution in [0.1, 0.15) is 52.2 Å². The van der Waals surface area contributed by atoms with Gasteiger partial charge in [0, 0.05) is 46.6 Å². The van der Waals surface area contributed by atoms with Gasteiger partial charge in [0.25, 0.3) is 5.91 Å². The Kier molecular flexibility index (Phi) is 11.2. The maximum absolute atomic E-state index is 13.7. The number of benzene rings is 3. The largest absolute Gasteiger partial charge is 0.352 e. The molecule has 0 spiro atoms. The molecular formula is C31H36ClIN4O2. The Morgan fingerprint density at radius 3 is 2.33 bits per heavy atom. The Morgan fingerprint density at radius 2 is 1.72 bits per heavy atom. The highest BCUT2D eigenvalue weighted by Gasteiger charge is 2.32. The van der Waals surface area contributed by atoms with Crippen LogP contribution in [0.15, 0.2) is 78.9 Å². The summed E-state index contributed by atoms with van der Waals surface area (Å²) in [5, 5.41) is 7.25. The summed E-state index contributed by atoms with van der Waals surface area (Å²) >= 11 is 8.44. The zero-order valence-electron chi connectivity index (χ0n) is 22.0. The first-order chi connectivity index (χ1) is 19.0. The molecule has 206 valence electrons. The van der Waals surface area contributed by atoms with E-state index in [1.165, 1.54) is 11.1 Å². The molecule has 0 bridgehead atoms. The number of rotatable bonds is 11. The molecule has 0 aliphatic carbocycles. The van der Waals surface area contributed by atoms with E-state index < -0.39 is 0 Å². The van der Waals surface area contributed by atoms with Gasteiger partial charge in [-0.25, -0.2) is 0 Å². The van der Waals surface area contributed by atoms with Gasteiger partial charge in [0.05, 0.1) is 6.04 Å². The fourth-order valence-corrected chi connectivity index (χ4v) is 6.18. The molecule has 1 fully saturated rings. The van der Waals surface area contributed by atoms with Gasteiger partial charge in [-0.1, -0.05) is 94.9 Å². The van der Waals surface area contributed by atoms with Crippen LogP contribution in [0.25, 0.3) is 0 Å². The van der Waals surface area contributed by atoms with Gasteiger partial charge in [-0.2, -0.15) is 0 Å². The first kappa shape index (κ1) is 29.5. The Labute approximate surface area is 249 Å². The number of amides is 2. The molecular weight excluding hydrogens is 623 g/mol. The van der Waals surface area contributed by atoms with Gasteiger partial charge in [0.15, 0.2) is 0 Å². The van der Waals surface area contributed by atoms with Crippen molar-refractivity contribution in [1.82, 2.24) is 15.5 Å². The summed E-state index contributed by atoms with van der Waals surface area (Å²) < 4.78 is 0.742. The third kappa shape index (κ3) is 8.03. The Hall–Kier alpha value is -2.46. The van der Waals surface area contributed by atoms with E-state index in [4.69, 9.17) is 17.3 Å². The molecule has 4 rings (SSSR count). The lowest BCUT2D eigenvalue weighted by Gasteiger charge is -2.29. The number of carbonyl (C=O) groups excluding carboxylic acids is 2. The first-order valence-electron chi connectivity index (χ1n) is 13.5. The fourth-order valence-electron chi connectivity index (χ4n) is 5.14. The summed E-state index contributed by atoms with van der Waals surface area (Å²) in [5.41, 5.74) is 9.84. The normalized spacial score (nSPS) is 17.7. The average Bonchev–Trinajstić information content (AvgIpc) is 3.11. The zero-order valence-corrected chi connectivity index (χ0v) is 24.9. The molecule has 2 amide bonds. The van der Waals surface area contributed by atoms with E-state index in [1.54, 1.807) is 12.1 Å². The number of hydrogen-bond acceptors (Lipinski definition) is 4. The van der Waals surface area contributed by atoms with Crippen molar-refractivity contribution in [3.63, 3.8) is 0 Å². The van der Waals surface area contributed by atoms with Crippen LogP contribution >= 0.6 is 34.2 Å². The molecule has 1 aliphatic rings. The molecule has 39 heavy (non-hydrogen) atoms. The maximum atomic E-state index is 13.7. The van der Waals surface area contributed by atoms with Crippen LogP contribution < -0.4 is 16.4 Å². The van der Waals surface area contributed by atoms with Crippen LogP contribution in [-0.2, 0) is 9.22 Å². The molecule has 0 aromatic heterocycles. The van der Waals surface area contributed by atoms with Gasteiger partial charge in [-0.05, 0) is 60.7 Å². The minimum Gasteiger partial charge on any atom is -0.352 e. The van der Waals surface area contributed by atoms with Gasteiger partial charge in [-0.3, -0.25) is 9.59 Å². The monoisotopic (exact) mass is 658 g/mol. The van der Waals surface area contributed by atoms with Crippen molar-refractivity contribution in [3.8, 4) is 0 Å². The van der Waals surface area contributed by atoms with E-state index in [-0.39, 0.29) is 29.8 Å². The van der Waals surface area contributed by atoms with Crippen LogP contribution in [0.4, 0.5) is 0 Å². The molecule has 1 heterocycles. The minimum absolute atomic E-state index is 0.0810. The SMILES string of the molecule is NCC[C@@H]1N[C@H](CCNC(=O)c2ccc(Cl)c(CI)c2)CCN(CC(c2ccccc2)c2ccccc2)C1=O. The van der Waals surface area contributed by atoms with Crippen LogP contribution in [0.2, 0.25) is 5.02 Å². The second-order valence-electron chi connectivity index (χ2n) is 9.92. The summed E-state index contributed by atoms with van der Waals surface area (Å²) in [6.07, 6.45) is 2.10. The van der Waals surface area contributed by atoms with E-state index in [1.807, 2.05) is 47.4 Å². The van der Waals surface area contributed by atoms with Gasteiger partial charge in [0.1, 0.15) is 0 Å². The van der Waals surface area contributed by atoms with E-state index in [2.05, 4.69) is 57.5 Å². The molecule has 8 heteroatoms. The topological polar surface area (TPSA) is 87.5 Å². The van der Waals surface area contributed by atoms with E-state index in [0.29, 0.717) is 43.2 Å². The second kappa shape index (κ2) is 14.8. The molecule has 3 aromatic rings. The molecule has 1 saturated heterocycles. The fraction of sp³-hybridized carbons (Fsp3) is 0.355. The van der Waals surface area contributed by atoms with Crippen molar-refractivity contribution in [2.75, 3.05) is 26.2 Å². The van der Waals surface area contributed by atoms with Crippen molar-refractivity contribution < 1.29 is 9.59 Å². The van der Waals surface area contributed by atoms with Crippen molar-refractivity contribution in [1.29, 1.82) is 0 Å². The lowest BCUT2D eigenvalue weighted by atomic mass is 9.90. The van der Waals surface area contributed by atoms with Crippen molar-refractivity contribution in [3.05, 3.63) is 106 Å². The lowest BCUT2D eigenvalue weighted by molar-refractivity contribution is -0.133. The Morgan fingerprint density at radius 1 is 1.05 bits per heavy atom. The number of alkyl halides is 1. The van der Waals surface area contributed by atoms with Crippen molar-refractivity contribution in [2.45, 2.75) is 41.7 Å². The number of hydrogen-bond donors (Lipinski definition) is 3. The smallest absolute Gasteiger partial charge is 0.251 e. The predicted molar refractivity (Wildman–Crippen MR) is 166 cm³/mol. The molecule has 0 radical (unpaired) electrons. The summed E-state index contributed by atoms with van der Waals surface area (Å²) in [6.45, 7) is 2.20. The van der Waals surface area contributed by atoms with Gasteiger partial charge in [-0.15, -0.1) is 0 Å². The predicted octanol–water partition coefficient (Wildman–Crippen LogP) is 5.13. The molecule has 4 N–H and O–H groups in total. The lowest BCUT2D eigenvalue weighted by Crippen LogP contribution is -2.48. The summed E-state index contributed by atoms with van der Waals surface area (Å²) in [6, 6.07) is 25.9. The Balaban J connectivity index is 1.42. The van der Waals surface area contributed by atoms with Gasteiger partial charge in [0.2, 0.25) is 5.91 Å². The van der Waals surface area contributed by atoms with Crippen molar-refractivity contribution >= 4 is 46.0 Å². The number of halogens is 2. The van der Waals surface area contributed by atoms with Crippen LogP contribution in [-0.4, -0.2) is 55.0 Å². The van der Waals surface area contributed by atoms with Gasteiger partial charge >= 0.3 is 0 Å². The highest BCUT2D eigenvalue weighted by molar-refractivity contribution is 14.1. The number of nitrogens with one attached hydrogen (secondary N) is 2. The molecule has 6 nitrogen and oxygen atoms in total. The van der Waals surface area contributed by atoms with E-state index in [0.717, 1.165) is 22.8 Å². The second-order valence-corrected chi connectivity index (χ2v) is 11.1. The highest BCUT2D eigenvalue weighted by atomic mass is 127. The summed E-state index contributed by atoms with van der Waals surface area (Å²) in [7, 11) is 0.